The van der Waals surface area contributed by atoms with Crippen LogP contribution in [0.15, 0.2) is 90.0 Å². The van der Waals surface area contributed by atoms with Crippen molar-refractivity contribution in [3.05, 3.63) is 96.2 Å². The van der Waals surface area contributed by atoms with Gasteiger partial charge in [0.2, 0.25) is 5.91 Å². The number of aromatic nitrogens is 2. The first-order valence-corrected chi connectivity index (χ1v) is 15.2. The Kier molecular flexibility index (Phi) is 6.92. The van der Waals surface area contributed by atoms with Gasteiger partial charge >= 0.3 is 0 Å². The molecule has 2 aliphatic heterocycles. The zero-order chi connectivity index (χ0) is 29.6. The molecule has 0 atom stereocenters. The van der Waals surface area contributed by atoms with Crippen LogP contribution in [0.25, 0.3) is 33.4 Å². The molecule has 4 heterocycles. The topological polar surface area (TPSA) is 89.2 Å². The van der Waals surface area contributed by atoms with Crippen molar-refractivity contribution in [3.8, 4) is 34.2 Å². The summed E-state index contributed by atoms with van der Waals surface area (Å²) in [7, 11) is 0. The number of carbonyl (C=O) groups is 1. The third-order valence-electron chi connectivity index (χ3n) is 8.28. The molecule has 5 aromatic rings. The van der Waals surface area contributed by atoms with Gasteiger partial charge in [0.05, 0.1) is 29.9 Å². The summed E-state index contributed by atoms with van der Waals surface area (Å²) >= 11 is 1.60. The van der Waals surface area contributed by atoms with E-state index in [-0.39, 0.29) is 12.0 Å². The number of fused-ring (bicyclic) bond motifs is 2. The van der Waals surface area contributed by atoms with Crippen LogP contribution in [0.4, 0.5) is 5.69 Å². The van der Waals surface area contributed by atoms with E-state index in [1.807, 2.05) is 74.6 Å². The molecule has 1 amide bonds. The molecule has 3 aromatic carbocycles. The van der Waals surface area contributed by atoms with Gasteiger partial charge in [0.15, 0.2) is 5.65 Å². The van der Waals surface area contributed by atoms with Gasteiger partial charge in [0.1, 0.15) is 17.9 Å². The van der Waals surface area contributed by atoms with E-state index < -0.39 is 5.41 Å². The Labute approximate surface area is 254 Å². The fraction of sp³-hybridized carbons (Fsp3) is 0.229. The number of nitriles is 1. The third-order valence-corrected chi connectivity index (χ3v) is 9.31. The third kappa shape index (κ3) is 4.95. The fourth-order valence-electron chi connectivity index (χ4n) is 5.82. The van der Waals surface area contributed by atoms with Gasteiger partial charge < -0.3 is 14.8 Å². The van der Waals surface area contributed by atoms with Crippen LogP contribution in [0.1, 0.15) is 37.8 Å². The number of benzene rings is 3. The first kappa shape index (κ1) is 27.3. The summed E-state index contributed by atoms with van der Waals surface area (Å²) in [6, 6.07) is 28.7. The van der Waals surface area contributed by atoms with Crippen molar-refractivity contribution in [2.24, 2.45) is 0 Å². The van der Waals surface area contributed by atoms with Gasteiger partial charge in [-0.1, -0.05) is 36.4 Å². The minimum atomic E-state index is -0.576. The van der Waals surface area contributed by atoms with E-state index in [1.165, 1.54) is 0 Å². The number of rotatable bonds is 6. The molecule has 43 heavy (non-hydrogen) atoms. The monoisotopic (exact) mass is 586 g/mol. The summed E-state index contributed by atoms with van der Waals surface area (Å²) in [4.78, 5) is 18.6. The quantitative estimate of drug-likeness (QED) is 0.221. The molecule has 2 aliphatic rings. The summed E-state index contributed by atoms with van der Waals surface area (Å²) in [5.74, 6) is 0.602. The van der Waals surface area contributed by atoms with E-state index in [9.17, 15) is 10.1 Å². The molecule has 2 aromatic heterocycles. The summed E-state index contributed by atoms with van der Waals surface area (Å²) in [6.07, 6.45) is 3.50. The second-order valence-electron chi connectivity index (χ2n) is 11.4. The molecule has 0 unspecified atom stereocenters. The molecule has 0 bridgehead atoms. The van der Waals surface area contributed by atoms with E-state index in [0.29, 0.717) is 24.5 Å². The fourth-order valence-corrected chi connectivity index (χ4v) is 6.80. The standard InChI is InChI=1S/C35H30N4O3S/c1-35(2)29-10-8-23(19-30(29)38-34(35)40)31-20-28-27(12-15-37-33(28)39(31)43-26-6-4-3-5-7-26)22-9-11-32(24(18-22)21-36)42-25-13-16-41-17-14-25/h3-12,15,18-20,25H,13-14,16-17H2,1-2H3,(H,38,40). The zero-order valence-electron chi connectivity index (χ0n) is 24.0. The number of nitrogens with one attached hydrogen (secondary N) is 1. The number of anilines is 1. The first-order chi connectivity index (χ1) is 20.9. The lowest BCUT2D eigenvalue weighted by Crippen LogP contribution is -2.26. The number of amides is 1. The molecular weight excluding hydrogens is 556 g/mol. The largest absolute Gasteiger partial charge is 0.489 e. The number of nitrogens with zero attached hydrogens (tertiary/aromatic N) is 3. The number of hydrogen-bond acceptors (Lipinski definition) is 6. The predicted molar refractivity (Wildman–Crippen MR) is 169 cm³/mol. The lowest BCUT2D eigenvalue weighted by molar-refractivity contribution is -0.119. The minimum Gasteiger partial charge on any atom is -0.489 e. The molecule has 1 N–H and O–H groups in total. The summed E-state index contributed by atoms with van der Waals surface area (Å²) in [5, 5.41) is 14.1. The van der Waals surface area contributed by atoms with Gasteiger partial charge in [-0.15, -0.1) is 0 Å². The molecule has 1 fully saturated rings. The Morgan fingerprint density at radius 1 is 1.02 bits per heavy atom. The molecule has 0 radical (unpaired) electrons. The maximum absolute atomic E-state index is 12.7. The highest BCUT2D eigenvalue weighted by Crippen LogP contribution is 2.43. The predicted octanol–water partition coefficient (Wildman–Crippen LogP) is 7.58. The Bertz CT molecular complexity index is 1900. The van der Waals surface area contributed by atoms with Gasteiger partial charge in [-0.3, -0.25) is 8.77 Å². The Morgan fingerprint density at radius 3 is 2.60 bits per heavy atom. The Balaban J connectivity index is 1.34. The van der Waals surface area contributed by atoms with Crippen LogP contribution in [-0.2, 0) is 14.9 Å². The van der Waals surface area contributed by atoms with Gasteiger partial charge in [-0.05, 0) is 85.0 Å². The summed E-state index contributed by atoms with van der Waals surface area (Å²) in [6.45, 7) is 5.24. The van der Waals surface area contributed by atoms with Gasteiger partial charge in [0.25, 0.3) is 0 Å². The van der Waals surface area contributed by atoms with E-state index in [1.54, 1.807) is 11.9 Å². The highest BCUT2D eigenvalue weighted by molar-refractivity contribution is 7.98. The van der Waals surface area contributed by atoms with Crippen molar-refractivity contribution in [2.75, 3.05) is 18.5 Å². The van der Waals surface area contributed by atoms with Gasteiger partial charge in [0, 0.05) is 40.6 Å². The lowest BCUT2D eigenvalue weighted by Gasteiger charge is -2.23. The Hall–Kier alpha value is -4.58. The van der Waals surface area contributed by atoms with Gasteiger partial charge in [-0.2, -0.15) is 5.26 Å². The van der Waals surface area contributed by atoms with E-state index in [4.69, 9.17) is 14.5 Å². The van der Waals surface area contributed by atoms with Crippen LogP contribution >= 0.6 is 11.9 Å². The summed E-state index contributed by atoms with van der Waals surface area (Å²) < 4.78 is 13.8. The van der Waals surface area contributed by atoms with Crippen LogP contribution in [0.3, 0.4) is 0 Å². The Morgan fingerprint density at radius 2 is 1.81 bits per heavy atom. The molecule has 8 heteroatoms. The highest BCUT2D eigenvalue weighted by atomic mass is 32.2. The SMILES string of the molecule is CC1(C)C(=O)Nc2cc(-c3cc4c(-c5ccc(OC6CCOCC6)c(C#N)c5)ccnc4n3Sc3ccccc3)ccc21. The minimum absolute atomic E-state index is 0.000325. The van der Waals surface area contributed by atoms with Crippen LogP contribution in [-0.4, -0.2) is 34.2 Å². The smallest absolute Gasteiger partial charge is 0.234 e. The second kappa shape index (κ2) is 10.9. The number of carbonyl (C=O) groups excluding carboxylic acids is 1. The molecule has 0 spiro atoms. The maximum Gasteiger partial charge on any atom is 0.234 e. The zero-order valence-corrected chi connectivity index (χ0v) is 24.8. The van der Waals surface area contributed by atoms with E-state index in [2.05, 4.69) is 39.6 Å². The maximum atomic E-state index is 12.7. The first-order valence-electron chi connectivity index (χ1n) is 14.4. The average Bonchev–Trinajstić information content (AvgIpc) is 3.51. The molecular formula is C35H30N4O3S. The molecule has 0 aliphatic carbocycles. The lowest BCUT2D eigenvalue weighted by atomic mass is 9.86. The van der Waals surface area contributed by atoms with Crippen LogP contribution in [0.2, 0.25) is 0 Å². The van der Waals surface area contributed by atoms with E-state index in [0.717, 1.165) is 62.4 Å². The number of pyridine rings is 1. The number of hydrogen-bond donors (Lipinski definition) is 1. The molecule has 0 saturated carbocycles. The molecule has 214 valence electrons. The molecule has 1 saturated heterocycles. The van der Waals surface area contributed by atoms with Crippen molar-refractivity contribution >= 4 is 34.6 Å². The average molecular weight is 587 g/mol. The van der Waals surface area contributed by atoms with Crippen LogP contribution in [0, 0.1) is 11.3 Å². The van der Waals surface area contributed by atoms with Crippen LogP contribution < -0.4 is 10.1 Å². The molecule has 7 rings (SSSR count). The second-order valence-corrected chi connectivity index (χ2v) is 12.4. The summed E-state index contributed by atoms with van der Waals surface area (Å²) in [5.41, 5.74) is 6.39. The van der Waals surface area contributed by atoms with Crippen molar-refractivity contribution in [1.82, 2.24) is 8.96 Å². The van der Waals surface area contributed by atoms with Gasteiger partial charge in [-0.25, -0.2) is 4.98 Å². The van der Waals surface area contributed by atoms with Crippen molar-refractivity contribution in [3.63, 3.8) is 0 Å². The van der Waals surface area contributed by atoms with Crippen LogP contribution in [0.5, 0.6) is 5.75 Å². The van der Waals surface area contributed by atoms with Crippen molar-refractivity contribution in [2.45, 2.75) is 43.1 Å². The normalized spacial score (nSPS) is 16.1. The highest BCUT2D eigenvalue weighted by Gasteiger charge is 2.38. The number of ether oxygens (including phenoxy) is 2. The van der Waals surface area contributed by atoms with Crippen molar-refractivity contribution in [1.29, 1.82) is 5.26 Å². The van der Waals surface area contributed by atoms with Crippen molar-refractivity contribution < 1.29 is 14.3 Å². The molecule has 7 nitrogen and oxygen atoms in total. The van der Waals surface area contributed by atoms with E-state index >= 15 is 0 Å².